The van der Waals surface area contributed by atoms with Crippen molar-refractivity contribution in [2.45, 2.75) is 26.1 Å². The number of alkyl halides is 3. The van der Waals surface area contributed by atoms with Gasteiger partial charge in [-0.25, -0.2) is 4.98 Å². The second kappa shape index (κ2) is 8.06. The second-order valence-corrected chi connectivity index (χ2v) is 6.82. The molecule has 146 valence electrons. The highest BCUT2D eigenvalue weighted by Gasteiger charge is 2.34. The molecule has 1 heterocycles. The number of rotatable bonds is 5. The first kappa shape index (κ1) is 19.9. The number of halogens is 4. The standard InChI is InChI=1S/C20H18ClF3N4/c1-12(2)25-19-26-16(13-7-4-3-5-8-13)11-17(28-19)27-18-14(20(22,23)24)9-6-10-15(18)21/h3-12H,1-2H3,(H2,25,26,27,28). The van der Waals surface area contributed by atoms with E-state index < -0.39 is 11.7 Å². The van der Waals surface area contributed by atoms with Crippen LogP contribution in [-0.4, -0.2) is 16.0 Å². The van der Waals surface area contributed by atoms with Crippen LogP contribution in [0.3, 0.4) is 0 Å². The van der Waals surface area contributed by atoms with Crippen molar-refractivity contribution in [1.82, 2.24) is 9.97 Å². The van der Waals surface area contributed by atoms with Gasteiger partial charge in [0.05, 0.1) is 22.0 Å². The van der Waals surface area contributed by atoms with E-state index in [1.54, 1.807) is 6.07 Å². The zero-order valence-corrected chi connectivity index (χ0v) is 15.9. The molecule has 4 nitrogen and oxygen atoms in total. The molecule has 0 atom stereocenters. The molecule has 2 aromatic carbocycles. The van der Waals surface area contributed by atoms with Crippen LogP contribution in [0.4, 0.5) is 30.6 Å². The van der Waals surface area contributed by atoms with Gasteiger partial charge in [-0.15, -0.1) is 0 Å². The van der Waals surface area contributed by atoms with Crippen molar-refractivity contribution >= 4 is 29.1 Å². The number of nitrogens with zero attached hydrogens (tertiary/aromatic N) is 2. The summed E-state index contributed by atoms with van der Waals surface area (Å²) in [5, 5.41) is 5.76. The highest BCUT2D eigenvalue weighted by molar-refractivity contribution is 6.33. The molecule has 0 saturated heterocycles. The Hall–Kier alpha value is -2.80. The van der Waals surface area contributed by atoms with Gasteiger partial charge in [-0.1, -0.05) is 48.0 Å². The van der Waals surface area contributed by atoms with Crippen LogP contribution >= 0.6 is 11.6 Å². The maximum atomic E-state index is 13.4. The minimum absolute atomic E-state index is 0.0462. The quantitative estimate of drug-likeness (QED) is 0.516. The largest absolute Gasteiger partial charge is 0.418 e. The van der Waals surface area contributed by atoms with Gasteiger partial charge in [-0.05, 0) is 26.0 Å². The summed E-state index contributed by atoms with van der Waals surface area (Å²) < 4.78 is 40.1. The molecule has 3 aromatic rings. The third kappa shape index (κ3) is 4.72. The highest BCUT2D eigenvalue weighted by atomic mass is 35.5. The zero-order valence-electron chi connectivity index (χ0n) is 15.2. The van der Waals surface area contributed by atoms with Gasteiger partial charge in [-0.3, -0.25) is 0 Å². The molecule has 0 fully saturated rings. The van der Waals surface area contributed by atoms with Crippen LogP contribution in [-0.2, 0) is 6.18 Å². The topological polar surface area (TPSA) is 49.8 Å². The number of nitrogens with one attached hydrogen (secondary N) is 2. The van der Waals surface area contributed by atoms with E-state index in [0.29, 0.717) is 11.6 Å². The van der Waals surface area contributed by atoms with Crippen LogP contribution in [0, 0.1) is 0 Å². The normalized spacial score (nSPS) is 11.5. The van der Waals surface area contributed by atoms with Crippen LogP contribution in [0.2, 0.25) is 5.02 Å². The van der Waals surface area contributed by atoms with Crippen molar-refractivity contribution in [2.75, 3.05) is 10.6 Å². The molecule has 0 aliphatic carbocycles. The SMILES string of the molecule is CC(C)Nc1nc(Nc2c(Cl)cccc2C(F)(F)F)cc(-c2ccccc2)n1. The molecule has 1 aromatic heterocycles. The summed E-state index contributed by atoms with van der Waals surface area (Å²) in [5.74, 6) is 0.509. The summed E-state index contributed by atoms with van der Waals surface area (Å²) in [6.07, 6.45) is -4.55. The molecule has 0 aliphatic heterocycles. The second-order valence-electron chi connectivity index (χ2n) is 6.41. The van der Waals surface area contributed by atoms with E-state index in [-0.39, 0.29) is 22.6 Å². The lowest BCUT2D eigenvalue weighted by Crippen LogP contribution is -2.14. The van der Waals surface area contributed by atoms with Gasteiger partial charge in [0.25, 0.3) is 0 Å². The monoisotopic (exact) mass is 406 g/mol. The van der Waals surface area contributed by atoms with Crippen molar-refractivity contribution in [3.63, 3.8) is 0 Å². The Morgan fingerprint density at radius 3 is 2.32 bits per heavy atom. The third-order valence-electron chi connectivity index (χ3n) is 3.79. The Kier molecular flexibility index (Phi) is 5.74. The fraction of sp³-hybridized carbons (Fsp3) is 0.200. The van der Waals surface area contributed by atoms with E-state index in [1.165, 1.54) is 12.1 Å². The van der Waals surface area contributed by atoms with Gasteiger partial charge in [0.2, 0.25) is 5.95 Å². The maximum Gasteiger partial charge on any atom is 0.418 e. The Morgan fingerprint density at radius 1 is 0.964 bits per heavy atom. The summed E-state index contributed by atoms with van der Waals surface area (Å²) in [7, 11) is 0. The van der Waals surface area contributed by atoms with Crippen LogP contribution in [0.5, 0.6) is 0 Å². The summed E-state index contributed by atoms with van der Waals surface area (Å²) in [6, 6.07) is 14.6. The van der Waals surface area contributed by atoms with E-state index in [4.69, 9.17) is 11.6 Å². The van der Waals surface area contributed by atoms with Gasteiger partial charge in [0.1, 0.15) is 5.82 Å². The molecule has 0 aliphatic rings. The minimum Gasteiger partial charge on any atom is -0.352 e. The number of aromatic nitrogens is 2. The lowest BCUT2D eigenvalue weighted by Gasteiger charge is -2.17. The molecule has 0 unspecified atom stereocenters. The summed E-state index contributed by atoms with van der Waals surface area (Å²) in [6.45, 7) is 3.84. The van der Waals surface area contributed by atoms with Crippen LogP contribution < -0.4 is 10.6 Å². The summed E-state index contributed by atoms with van der Waals surface area (Å²) in [5.41, 5.74) is 0.278. The maximum absolute atomic E-state index is 13.4. The predicted molar refractivity (Wildman–Crippen MR) is 106 cm³/mol. The lowest BCUT2D eigenvalue weighted by atomic mass is 10.1. The van der Waals surface area contributed by atoms with Crippen LogP contribution in [0.15, 0.2) is 54.6 Å². The molecular weight excluding hydrogens is 389 g/mol. The first-order valence-electron chi connectivity index (χ1n) is 8.58. The minimum atomic E-state index is -4.55. The average molecular weight is 407 g/mol. The van der Waals surface area contributed by atoms with Crippen molar-refractivity contribution in [3.8, 4) is 11.3 Å². The Labute approximate surface area is 165 Å². The van der Waals surface area contributed by atoms with E-state index >= 15 is 0 Å². The third-order valence-corrected chi connectivity index (χ3v) is 4.10. The molecule has 2 N–H and O–H groups in total. The average Bonchev–Trinajstić information content (AvgIpc) is 2.62. The van der Waals surface area contributed by atoms with E-state index in [2.05, 4.69) is 20.6 Å². The molecule has 8 heteroatoms. The van der Waals surface area contributed by atoms with Gasteiger partial charge in [0.15, 0.2) is 0 Å². The fourth-order valence-corrected chi connectivity index (χ4v) is 2.83. The fourth-order valence-electron chi connectivity index (χ4n) is 2.61. The van der Waals surface area contributed by atoms with E-state index in [9.17, 15) is 13.2 Å². The number of para-hydroxylation sites is 1. The lowest BCUT2D eigenvalue weighted by molar-refractivity contribution is -0.136. The van der Waals surface area contributed by atoms with Crippen molar-refractivity contribution in [2.24, 2.45) is 0 Å². The van der Waals surface area contributed by atoms with Gasteiger partial charge in [0, 0.05) is 17.7 Å². The number of hydrogen-bond acceptors (Lipinski definition) is 4. The molecular formula is C20H18ClF3N4. The first-order valence-corrected chi connectivity index (χ1v) is 8.95. The van der Waals surface area contributed by atoms with E-state index in [1.807, 2.05) is 44.2 Å². The van der Waals surface area contributed by atoms with Gasteiger partial charge in [-0.2, -0.15) is 18.2 Å². The smallest absolute Gasteiger partial charge is 0.352 e. The molecule has 0 saturated carbocycles. The molecule has 0 bridgehead atoms. The molecule has 0 amide bonds. The Balaban J connectivity index is 2.08. The van der Waals surface area contributed by atoms with Crippen LogP contribution in [0.1, 0.15) is 19.4 Å². The van der Waals surface area contributed by atoms with Crippen molar-refractivity contribution < 1.29 is 13.2 Å². The van der Waals surface area contributed by atoms with Crippen molar-refractivity contribution in [3.05, 3.63) is 65.2 Å². The van der Waals surface area contributed by atoms with Gasteiger partial charge < -0.3 is 10.6 Å². The molecule has 3 rings (SSSR count). The Morgan fingerprint density at radius 2 is 1.68 bits per heavy atom. The number of hydrogen-bond donors (Lipinski definition) is 2. The van der Waals surface area contributed by atoms with Crippen molar-refractivity contribution in [1.29, 1.82) is 0 Å². The number of anilines is 3. The predicted octanol–water partition coefficient (Wildman–Crippen LogP) is 6.38. The van der Waals surface area contributed by atoms with Gasteiger partial charge >= 0.3 is 6.18 Å². The zero-order chi connectivity index (χ0) is 20.3. The first-order chi connectivity index (χ1) is 13.2. The highest BCUT2D eigenvalue weighted by Crippen LogP contribution is 2.40. The number of benzene rings is 2. The summed E-state index contributed by atoms with van der Waals surface area (Å²) >= 11 is 6.04. The van der Waals surface area contributed by atoms with Crippen LogP contribution in [0.25, 0.3) is 11.3 Å². The summed E-state index contributed by atoms with van der Waals surface area (Å²) in [4.78, 5) is 8.76. The Bertz CT molecular complexity index is 959. The molecule has 0 radical (unpaired) electrons. The molecule has 0 spiro atoms. The molecule has 28 heavy (non-hydrogen) atoms. The van der Waals surface area contributed by atoms with E-state index in [0.717, 1.165) is 11.6 Å².